The van der Waals surface area contributed by atoms with Gasteiger partial charge in [0.1, 0.15) is 0 Å². The minimum Gasteiger partial charge on any atom is -0.340 e. The summed E-state index contributed by atoms with van der Waals surface area (Å²) in [6, 6.07) is 0.0142. The molecule has 2 saturated heterocycles. The van der Waals surface area contributed by atoms with Crippen molar-refractivity contribution < 1.29 is 17.7 Å². The van der Waals surface area contributed by atoms with E-state index in [1.807, 2.05) is 6.92 Å². The number of sulfone groups is 1. The minimum atomic E-state index is -3.02. The van der Waals surface area contributed by atoms with E-state index in [4.69, 9.17) is 4.52 Å². The Morgan fingerprint density at radius 3 is 2.52 bits per heavy atom. The number of piperazine rings is 1. The summed E-state index contributed by atoms with van der Waals surface area (Å²) in [7, 11) is -3.02. The molecule has 0 spiro atoms. The number of aromatic nitrogens is 2. The molecule has 0 radical (unpaired) electrons. The van der Waals surface area contributed by atoms with E-state index in [1.165, 1.54) is 0 Å². The Labute approximate surface area is 135 Å². The maximum Gasteiger partial charge on any atom is 0.243 e. The first-order chi connectivity index (χ1) is 10.9. The van der Waals surface area contributed by atoms with Crippen molar-refractivity contribution in [1.29, 1.82) is 0 Å². The first-order valence-corrected chi connectivity index (χ1v) is 9.71. The molecule has 128 valence electrons. The van der Waals surface area contributed by atoms with Crippen LogP contribution < -0.4 is 0 Å². The van der Waals surface area contributed by atoms with Crippen molar-refractivity contribution in [2.24, 2.45) is 5.92 Å². The quantitative estimate of drug-likeness (QED) is 0.764. The molecule has 3 rings (SSSR count). The van der Waals surface area contributed by atoms with E-state index in [9.17, 15) is 13.2 Å². The number of amides is 1. The van der Waals surface area contributed by atoms with E-state index < -0.39 is 9.84 Å². The van der Waals surface area contributed by atoms with Gasteiger partial charge >= 0.3 is 0 Å². The number of carbonyl (C=O) groups excluding carboxylic acids is 1. The second-order valence-electron chi connectivity index (χ2n) is 6.32. The lowest BCUT2D eigenvalue weighted by atomic mass is 10.1. The molecule has 2 aliphatic rings. The maximum absolute atomic E-state index is 12.4. The summed E-state index contributed by atoms with van der Waals surface area (Å²) >= 11 is 0. The molecule has 1 aromatic heterocycles. The third-order valence-electron chi connectivity index (χ3n) is 4.66. The first kappa shape index (κ1) is 16.4. The molecule has 8 nitrogen and oxygen atoms in total. The molecule has 23 heavy (non-hydrogen) atoms. The monoisotopic (exact) mass is 342 g/mol. The van der Waals surface area contributed by atoms with E-state index in [-0.39, 0.29) is 29.4 Å². The molecule has 3 heterocycles. The van der Waals surface area contributed by atoms with Crippen molar-refractivity contribution in [2.75, 3.05) is 37.7 Å². The lowest BCUT2D eigenvalue weighted by Crippen LogP contribution is -2.51. The summed E-state index contributed by atoms with van der Waals surface area (Å²) < 4.78 is 28.3. The third-order valence-corrected chi connectivity index (χ3v) is 6.42. The van der Waals surface area contributed by atoms with E-state index in [0.29, 0.717) is 44.3 Å². The highest BCUT2D eigenvalue weighted by atomic mass is 32.2. The molecular formula is C14H22N4O4S. The molecule has 2 atom stereocenters. The highest BCUT2D eigenvalue weighted by Crippen LogP contribution is 2.24. The lowest BCUT2D eigenvalue weighted by molar-refractivity contribution is -0.136. The minimum absolute atomic E-state index is 0.00368. The van der Waals surface area contributed by atoms with Crippen LogP contribution in [0.5, 0.6) is 0 Å². The summed E-state index contributed by atoms with van der Waals surface area (Å²) in [5, 5.41) is 3.81. The van der Waals surface area contributed by atoms with Crippen LogP contribution in [0.2, 0.25) is 0 Å². The van der Waals surface area contributed by atoms with Crippen LogP contribution in [-0.4, -0.2) is 72.0 Å². The van der Waals surface area contributed by atoms with Crippen LogP contribution in [0.1, 0.15) is 31.1 Å². The fourth-order valence-electron chi connectivity index (χ4n) is 3.22. The fraction of sp³-hybridized carbons (Fsp3) is 0.786. The van der Waals surface area contributed by atoms with Gasteiger partial charge in [0.15, 0.2) is 15.7 Å². The summed E-state index contributed by atoms with van der Waals surface area (Å²) in [5.74, 6) is 0.961. The second kappa shape index (κ2) is 6.20. The number of nitrogens with zero attached hydrogens (tertiary/aromatic N) is 4. The van der Waals surface area contributed by atoms with Gasteiger partial charge in [-0.25, -0.2) is 8.42 Å². The van der Waals surface area contributed by atoms with Gasteiger partial charge in [0.25, 0.3) is 0 Å². The summed E-state index contributed by atoms with van der Waals surface area (Å²) in [6.45, 7) is 6.43. The van der Waals surface area contributed by atoms with Gasteiger partial charge < -0.3 is 9.42 Å². The van der Waals surface area contributed by atoms with Crippen LogP contribution in [0.15, 0.2) is 4.52 Å². The van der Waals surface area contributed by atoms with Gasteiger partial charge in [-0.15, -0.1) is 0 Å². The Morgan fingerprint density at radius 1 is 1.30 bits per heavy atom. The average molecular weight is 342 g/mol. The van der Waals surface area contributed by atoms with E-state index in [0.717, 1.165) is 0 Å². The zero-order chi connectivity index (χ0) is 16.6. The Morgan fingerprint density at radius 2 is 2.00 bits per heavy atom. The van der Waals surface area contributed by atoms with Crippen molar-refractivity contribution in [2.45, 2.75) is 26.3 Å². The van der Waals surface area contributed by atoms with Gasteiger partial charge in [-0.2, -0.15) is 4.98 Å². The number of hydrogen-bond donors (Lipinski definition) is 0. The molecular weight excluding hydrogens is 320 g/mol. The Balaban J connectivity index is 1.55. The maximum atomic E-state index is 12.4. The van der Waals surface area contributed by atoms with Crippen LogP contribution in [0.3, 0.4) is 0 Å². The van der Waals surface area contributed by atoms with E-state index >= 15 is 0 Å². The predicted octanol–water partition coefficient (Wildman–Crippen LogP) is 0.0179. The van der Waals surface area contributed by atoms with Gasteiger partial charge in [-0.3, -0.25) is 9.69 Å². The Bertz CT molecular complexity index is 679. The SMILES string of the molecule is Cc1noc([C@H](C)N2CCN(C(=O)[C@@H]3CCS(=O)(=O)C3)CC2)n1. The average Bonchev–Trinajstić information content (AvgIpc) is 3.11. The fourth-order valence-corrected chi connectivity index (χ4v) is 4.95. The topological polar surface area (TPSA) is 96.6 Å². The van der Waals surface area contributed by atoms with Crippen molar-refractivity contribution in [3.63, 3.8) is 0 Å². The normalized spacial score (nSPS) is 26.3. The van der Waals surface area contributed by atoms with E-state index in [1.54, 1.807) is 11.8 Å². The molecule has 2 aliphatic heterocycles. The summed E-state index contributed by atoms with van der Waals surface area (Å²) in [4.78, 5) is 20.7. The standard InChI is InChI=1S/C14H22N4O4S/c1-10(13-15-11(2)16-22-13)17-4-6-18(7-5-17)14(19)12-3-8-23(20,21)9-12/h10,12H,3-9H2,1-2H3/t10-,12+/m0/s1. The van der Waals surface area contributed by atoms with Crippen LogP contribution in [0.25, 0.3) is 0 Å². The number of carbonyl (C=O) groups is 1. The van der Waals surface area contributed by atoms with Crippen LogP contribution in [0, 0.1) is 12.8 Å². The molecule has 2 fully saturated rings. The number of hydrogen-bond acceptors (Lipinski definition) is 7. The number of rotatable bonds is 3. The largest absolute Gasteiger partial charge is 0.340 e. The molecule has 1 amide bonds. The highest BCUT2D eigenvalue weighted by molar-refractivity contribution is 7.91. The van der Waals surface area contributed by atoms with Crippen molar-refractivity contribution >= 4 is 15.7 Å². The zero-order valence-electron chi connectivity index (χ0n) is 13.4. The van der Waals surface area contributed by atoms with Crippen molar-refractivity contribution in [3.05, 3.63) is 11.7 Å². The van der Waals surface area contributed by atoms with Crippen LogP contribution >= 0.6 is 0 Å². The van der Waals surface area contributed by atoms with Crippen LogP contribution in [-0.2, 0) is 14.6 Å². The molecule has 0 unspecified atom stereocenters. The Kier molecular flexibility index (Phi) is 4.41. The zero-order valence-corrected chi connectivity index (χ0v) is 14.3. The molecule has 0 saturated carbocycles. The summed E-state index contributed by atoms with van der Waals surface area (Å²) in [6.07, 6.45) is 0.457. The Hall–Kier alpha value is -1.48. The second-order valence-corrected chi connectivity index (χ2v) is 8.55. The predicted molar refractivity (Wildman–Crippen MR) is 82.4 cm³/mol. The van der Waals surface area contributed by atoms with Crippen LogP contribution in [0.4, 0.5) is 0 Å². The van der Waals surface area contributed by atoms with Gasteiger partial charge in [0.05, 0.1) is 23.5 Å². The number of aryl methyl sites for hydroxylation is 1. The van der Waals surface area contributed by atoms with E-state index in [2.05, 4.69) is 15.0 Å². The van der Waals surface area contributed by atoms with Gasteiger partial charge in [-0.05, 0) is 20.3 Å². The molecule has 1 aromatic rings. The third kappa shape index (κ3) is 3.55. The van der Waals surface area contributed by atoms with Crippen molar-refractivity contribution in [1.82, 2.24) is 19.9 Å². The molecule has 0 aliphatic carbocycles. The molecule has 0 N–H and O–H groups in total. The smallest absolute Gasteiger partial charge is 0.243 e. The molecule has 9 heteroatoms. The molecule has 0 bridgehead atoms. The van der Waals surface area contributed by atoms with Gasteiger partial charge in [-0.1, -0.05) is 5.16 Å². The first-order valence-electron chi connectivity index (χ1n) is 7.89. The van der Waals surface area contributed by atoms with Crippen molar-refractivity contribution in [3.8, 4) is 0 Å². The lowest BCUT2D eigenvalue weighted by Gasteiger charge is -2.37. The van der Waals surface area contributed by atoms with Gasteiger partial charge in [0.2, 0.25) is 11.8 Å². The highest BCUT2D eigenvalue weighted by Gasteiger charge is 2.36. The van der Waals surface area contributed by atoms with Gasteiger partial charge in [0, 0.05) is 26.2 Å². The molecule has 0 aromatic carbocycles. The summed E-state index contributed by atoms with van der Waals surface area (Å²) in [5.41, 5.74) is 0.